The third kappa shape index (κ3) is 5.52. The highest BCUT2D eigenvalue weighted by molar-refractivity contribution is 7.80. The topological polar surface area (TPSA) is 122 Å². The molecule has 1 saturated heterocycles. The minimum atomic E-state index is -4.70. The number of anilines is 1. The van der Waals surface area contributed by atoms with E-state index in [-0.39, 0.29) is 48.2 Å². The number of nitrogens with zero attached hydrogens (tertiary/aromatic N) is 4. The summed E-state index contributed by atoms with van der Waals surface area (Å²) in [7, 11) is 0. The van der Waals surface area contributed by atoms with Crippen molar-refractivity contribution < 1.29 is 27.8 Å². The molecule has 1 N–H and O–H groups in total. The molecule has 0 bridgehead atoms. The summed E-state index contributed by atoms with van der Waals surface area (Å²) in [5.74, 6) is -0.635. The molecule has 1 heterocycles. The number of thiocarbonyl (C=S) groups is 1. The molecule has 2 aromatic rings. The maximum Gasteiger partial charge on any atom is 0.416 e. The molecule has 14 heteroatoms. The molecule has 0 radical (unpaired) electrons. The van der Waals surface area contributed by atoms with E-state index < -0.39 is 33.2 Å². The molecule has 0 aliphatic carbocycles. The van der Waals surface area contributed by atoms with Crippen molar-refractivity contribution in [2.24, 2.45) is 0 Å². The molecule has 3 rings (SSSR count). The molecule has 2 aromatic carbocycles. The molecule has 1 fully saturated rings. The molecular weight excluding hydrogens is 467 g/mol. The van der Waals surface area contributed by atoms with Gasteiger partial charge in [0.05, 0.1) is 15.4 Å². The number of rotatable bonds is 4. The lowest BCUT2D eigenvalue weighted by Gasteiger charge is -2.37. The number of nitro groups is 2. The summed E-state index contributed by atoms with van der Waals surface area (Å²) < 4.78 is 38.7. The molecule has 0 spiro atoms. The van der Waals surface area contributed by atoms with E-state index in [1.165, 1.54) is 18.2 Å². The van der Waals surface area contributed by atoms with Crippen molar-refractivity contribution in [3.8, 4) is 0 Å². The first-order valence-electron chi connectivity index (χ1n) is 9.42. The summed E-state index contributed by atoms with van der Waals surface area (Å²) in [6.45, 7) is 0.899. The van der Waals surface area contributed by atoms with Gasteiger partial charge in [-0.3, -0.25) is 30.3 Å². The van der Waals surface area contributed by atoms with Crippen LogP contribution < -0.4 is 10.2 Å². The van der Waals surface area contributed by atoms with Gasteiger partial charge < -0.3 is 9.80 Å². The standard InChI is InChI=1S/C19H16F3N5O5S/c20-19(21,22)13-4-5-15(16(11-13)27(31)32)24-6-8-25(9-7-24)18(33)23-17(28)12-2-1-3-14(10-12)26(29)30/h1-5,10-11H,6-9H2,(H,23,28,33). The van der Waals surface area contributed by atoms with Crippen LogP contribution in [-0.4, -0.2) is 51.9 Å². The largest absolute Gasteiger partial charge is 0.416 e. The minimum absolute atomic E-state index is 0.0468. The van der Waals surface area contributed by atoms with E-state index in [1.54, 1.807) is 9.80 Å². The highest BCUT2D eigenvalue weighted by Crippen LogP contribution is 2.36. The molecule has 0 atom stereocenters. The molecule has 1 aliphatic rings. The predicted octanol–water partition coefficient (Wildman–Crippen LogP) is 3.36. The van der Waals surface area contributed by atoms with Crippen LogP contribution >= 0.6 is 12.2 Å². The lowest BCUT2D eigenvalue weighted by atomic mass is 10.1. The summed E-state index contributed by atoms with van der Waals surface area (Å²) in [6, 6.07) is 7.48. The number of hydrogen-bond donors (Lipinski definition) is 1. The molecule has 0 unspecified atom stereocenters. The molecule has 1 aliphatic heterocycles. The van der Waals surface area contributed by atoms with E-state index in [1.807, 2.05) is 0 Å². The number of piperazine rings is 1. The van der Waals surface area contributed by atoms with E-state index in [9.17, 15) is 38.2 Å². The van der Waals surface area contributed by atoms with Crippen molar-refractivity contribution >= 4 is 40.3 Å². The number of nitro benzene ring substituents is 2. The summed E-state index contributed by atoms with van der Waals surface area (Å²) in [5.41, 5.74) is -1.91. The monoisotopic (exact) mass is 483 g/mol. The molecule has 1 amide bonds. The maximum absolute atomic E-state index is 12.9. The average molecular weight is 483 g/mol. The molecule has 174 valence electrons. The Balaban J connectivity index is 1.65. The first kappa shape index (κ1) is 23.8. The Labute approximate surface area is 189 Å². The molecule has 10 nitrogen and oxygen atoms in total. The number of hydrogen-bond acceptors (Lipinski definition) is 7. The van der Waals surface area contributed by atoms with Crippen LogP contribution in [0.3, 0.4) is 0 Å². The number of alkyl halides is 3. The zero-order valence-corrected chi connectivity index (χ0v) is 17.6. The van der Waals surface area contributed by atoms with E-state index in [4.69, 9.17) is 12.2 Å². The SMILES string of the molecule is O=C(NC(=S)N1CCN(c2ccc(C(F)(F)F)cc2[N+](=O)[O-])CC1)c1cccc([N+](=O)[O-])c1. The molecular formula is C19H16F3N5O5S. The third-order valence-corrected chi connectivity index (χ3v) is 5.31. The normalized spacial score (nSPS) is 14.0. The second kappa shape index (κ2) is 9.36. The van der Waals surface area contributed by atoms with Gasteiger partial charge in [0, 0.05) is 49.9 Å². The number of nitrogens with one attached hydrogen (secondary N) is 1. The van der Waals surface area contributed by atoms with Crippen molar-refractivity contribution in [2.75, 3.05) is 31.1 Å². The average Bonchev–Trinajstić information content (AvgIpc) is 2.78. The first-order chi connectivity index (χ1) is 15.5. The lowest BCUT2D eigenvalue weighted by Crippen LogP contribution is -2.52. The van der Waals surface area contributed by atoms with Gasteiger partial charge in [0.2, 0.25) is 0 Å². The second-order valence-corrected chi connectivity index (χ2v) is 7.39. The third-order valence-electron chi connectivity index (χ3n) is 4.95. The van der Waals surface area contributed by atoms with Gasteiger partial charge in [0.1, 0.15) is 5.69 Å². The van der Waals surface area contributed by atoms with Crippen molar-refractivity contribution in [1.82, 2.24) is 10.2 Å². The fourth-order valence-corrected chi connectivity index (χ4v) is 3.55. The molecule has 33 heavy (non-hydrogen) atoms. The number of carbonyl (C=O) groups excluding carboxylic acids is 1. The van der Waals surface area contributed by atoms with Gasteiger partial charge in [-0.1, -0.05) is 6.07 Å². The number of non-ortho nitro benzene ring substituents is 1. The number of carbonyl (C=O) groups is 1. The zero-order valence-electron chi connectivity index (χ0n) is 16.7. The first-order valence-corrected chi connectivity index (χ1v) is 9.83. The van der Waals surface area contributed by atoms with Gasteiger partial charge in [0.25, 0.3) is 17.3 Å². The fraction of sp³-hybridized carbons (Fsp3) is 0.263. The van der Waals surface area contributed by atoms with Crippen molar-refractivity contribution in [3.63, 3.8) is 0 Å². The summed E-state index contributed by atoms with van der Waals surface area (Å²) in [6.07, 6.45) is -4.70. The number of benzene rings is 2. The Kier molecular flexibility index (Phi) is 6.76. The Morgan fingerprint density at radius 3 is 2.24 bits per heavy atom. The minimum Gasteiger partial charge on any atom is -0.362 e. The van der Waals surface area contributed by atoms with Gasteiger partial charge in [-0.05, 0) is 30.4 Å². The van der Waals surface area contributed by atoms with E-state index in [0.29, 0.717) is 6.07 Å². The van der Waals surface area contributed by atoms with Crippen LogP contribution in [0.4, 0.5) is 30.2 Å². The predicted molar refractivity (Wildman–Crippen MR) is 115 cm³/mol. The van der Waals surface area contributed by atoms with Crippen LogP contribution in [0.2, 0.25) is 0 Å². The van der Waals surface area contributed by atoms with Gasteiger partial charge in [0.15, 0.2) is 5.11 Å². The van der Waals surface area contributed by atoms with Gasteiger partial charge in [-0.2, -0.15) is 13.2 Å². The van der Waals surface area contributed by atoms with E-state index in [0.717, 1.165) is 18.2 Å². The van der Waals surface area contributed by atoms with Crippen molar-refractivity contribution in [3.05, 3.63) is 73.8 Å². The maximum atomic E-state index is 12.9. The van der Waals surface area contributed by atoms with Gasteiger partial charge >= 0.3 is 6.18 Å². The zero-order chi connectivity index (χ0) is 24.3. The van der Waals surface area contributed by atoms with Gasteiger partial charge in [-0.15, -0.1) is 0 Å². The van der Waals surface area contributed by atoms with Crippen LogP contribution in [0.25, 0.3) is 0 Å². The quantitative estimate of drug-likeness (QED) is 0.399. The Bertz CT molecular complexity index is 1120. The van der Waals surface area contributed by atoms with E-state index in [2.05, 4.69) is 5.32 Å². The Morgan fingerprint density at radius 2 is 1.67 bits per heavy atom. The molecule has 0 aromatic heterocycles. The number of halogens is 3. The Hall–Kier alpha value is -3.81. The second-order valence-electron chi connectivity index (χ2n) is 7.00. The van der Waals surface area contributed by atoms with Crippen LogP contribution in [0.5, 0.6) is 0 Å². The fourth-order valence-electron chi connectivity index (χ4n) is 3.27. The van der Waals surface area contributed by atoms with Crippen molar-refractivity contribution in [2.45, 2.75) is 6.18 Å². The summed E-state index contributed by atoms with van der Waals surface area (Å²) >= 11 is 5.22. The summed E-state index contributed by atoms with van der Waals surface area (Å²) in [4.78, 5) is 36.3. The van der Waals surface area contributed by atoms with Crippen molar-refractivity contribution in [1.29, 1.82) is 0 Å². The van der Waals surface area contributed by atoms with Gasteiger partial charge in [-0.25, -0.2) is 0 Å². The highest BCUT2D eigenvalue weighted by Gasteiger charge is 2.34. The molecule has 0 saturated carbocycles. The highest BCUT2D eigenvalue weighted by atomic mass is 32.1. The Morgan fingerprint density at radius 1 is 1.00 bits per heavy atom. The lowest BCUT2D eigenvalue weighted by molar-refractivity contribution is -0.384. The van der Waals surface area contributed by atoms with Crippen LogP contribution in [0.1, 0.15) is 15.9 Å². The number of amides is 1. The van der Waals surface area contributed by atoms with Crippen LogP contribution in [-0.2, 0) is 6.18 Å². The van der Waals surface area contributed by atoms with Crippen LogP contribution in [0.15, 0.2) is 42.5 Å². The summed E-state index contributed by atoms with van der Waals surface area (Å²) in [5, 5.41) is 24.7. The van der Waals surface area contributed by atoms with Crippen LogP contribution in [0, 0.1) is 20.2 Å². The van der Waals surface area contributed by atoms with E-state index >= 15 is 0 Å². The smallest absolute Gasteiger partial charge is 0.362 e.